The van der Waals surface area contributed by atoms with Gasteiger partial charge in [-0.05, 0) is 42.1 Å². The van der Waals surface area contributed by atoms with Crippen LogP contribution in [0, 0.1) is 4.77 Å². The van der Waals surface area contributed by atoms with Gasteiger partial charge in [-0.3, -0.25) is 9.36 Å². The Morgan fingerprint density at radius 2 is 2.44 bits per heavy atom. The van der Waals surface area contributed by atoms with Crippen molar-refractivity contribution in [3.63, 3.8) is 0 Å². The number of aromatic amines is 1. The Labute approximate surface area is 107 Å². The minimum Gasteiger partial charge on any atom is -0.323 e. The fourth-order valence-corrected chi connectivity index (χ4v) is 3.08. The third kappa shape index (κ3) is 2.23. The van der Waals surface area contributed by atoms with E-state index in [-0.39, 0.29) is 5.56 Å². The molecule has 0 radical (unpaired) electrons. The van der Waals surface area contributed by atoms with Gasteiger partial charge in [-0.1, -0.05) is 0 Å². The van der Waals surface area contributed by atoms with Crippen LogP contribution in [-0.2, 0) is 6.54 Å². The molecule has 0 unspecified atom stereocenters. The molecule has 0 aliphatic heterocycles. The van der Waals surface area contributed by atoms with Gasteiger partial charge in [0.1, 0.15) is 4.83 Å². The van der Waals surface area contributed by atoms with Crippen LogP contribution in [-0.4, -0.2) is 21.6 Å². The summed E-state index contributed by atoms with van der Waals surface area (Å²) in [5.74, 6) is 1.04. The summed E-state index contributed by atoms with van der Waals surface area (Å²) in [4.78, 5) is 16.0. The lowest BCUT2D eigenvalue weighted by atomic mass is 10.4. The number of aromatic nitrogens is 2. The standard InChI is InChI=1S/C10H12N2OS3/c1-15-5-2-4-12-9(13)7-3-6-16-8(7)11-10(12)14/h3,6H,2,4-5H2,1H3,(H,11,14). The van der Waals surface area contributed by atoms with E-state index in [9.17, 15) is 4.79 Å². The molecule has 2 aromatic rings. The van der Waals surface area contributed by atoms with Crippen LogP contribution in [0.2, 0.25) is 0 Å². The first-order valence-corrected chi connectivity index (χ1v) is 7.61. The molecule has 16 heavy (non-hydrogen) atoms. The van der Waals surface area contributed by atoms with Crippen LogP contribution < -0.4 is 5.56 Å². The van der Waals surface area contributed by atoms with Gasteiger partial charge in [-0.2, -0.15) is 11.8 Å². The molecule has 0 spiro atoms. The molecule has 1 N–H and O–H groups in total. The second-order valence-electron chi connectivity index (χ2n) is 3.40. The van der Waals surface area contributed by atoms with Crippen molar-refractivity contribution in [1.29, 1.82) is 0 Å². The van der Waals surface area contributed by atoms with Crippen LogP contribution in [0.1, 0.15) is 6.42 Å². The first-order chi connectivity index (χ1) is 7.74. The van der Waals surface area contributed by atoms with E-state index in [1.165, 1.54) is 11.3 Å². The molecule has 6 heteroatoms. The van der Waals surface area contributed by atoms with Crippen molar-refractivity contribution in [2.45, 2.75) is 13.0 Å². The number of nitrogens with one attached hydrogen (secondary N) is 1. The molecule has 2 heterocycles. The first kappa shape index (κ1) is 11.9. The molecule has 0 aromatic carbocycles. The van der Waals surface area contributed by atoms with Crippen LogP contribution in [0.3, 0.4) is 0 Å². The lowest BCUT2D eigenvalue weighted by Gasteiger charge is -2.05. The summed E-state index contributed by atoms with van der Waals surface area (Å²) in [6, 6.07) is 1.85. The summed E-state index contributed by atoms with van der Waals surface area (Å²) in [7, 11) is 0. The van der Waals surface area contributed by atoms with Gasteiger partial charge in [0.05, 0.1) is 5.39 Å². The lowest BCUT2D eigenvalue weighted by molar-refractivity contribution is 0.643. The topological polar surface area (TPSA) is 37.8 Å². The minimum atomic E-state index is 0.0288. The maximum absolute atomic E-state index is 12.1. The van der Waals surface area contributed by atoms with E-state index in [1.807, 2.05) is 11.4 Å². The summed E-state index contributed by atoms with van der Waals surface area (Å²) < 4.78 is 2.18. The van der Waals surface area contributed by atoms with Gasteiger partial charge in [0.2, 0.25) is 0 Å². The highest BCUT2D eigenvalue weighted by Gasteiger charge is 2.05. The molecule has 2 rings (SSSR count). The molecule has 2 aromatic heterocycles. The van der Waals surface area contributed by atoms with Crippen molar-refractivity contribution in [3.8, 4) is 0 Å². The highest BCUT2D eigenvalue weighted by molar-refractivity contribution is 7.98. The van der Waals surface area contributed by atoms with Crippen molar-refractivity contribution < 1.29 is 0 Å². The molecule has 0 amide bonds. The Morgan fingerprint density at radius 1 is 1.62 bits per heavy atom. The van der Waals surface area contributed by atoms with Crippen LogP contribution >= 0.6 is 35.3 Å². The minimum absolute atomic E-state index is 0.0288. The van der Waals surface area contributed by atoms with Crippen LogP contribution in [0.25, 0.3) is 10.2 Å². The van der Waals surface area contributed by atoms with Gasteiger partial charge in [0.25, 0.3) is 5.56 Å². The zero-order valence-electron chi connectivity index (χ0n) is 8.86. The maximum atomic E-state index is 12.1. The molecular weight excluding hydrogens is 260 g/mol. The van der Waals surface area contributed by atoms with E-state index >= 15 is 0 Å². The normalized spacial score (nSPS) is 11.1. The van der Waals surface area contributed by atoms with E-state index in [2.05, 4.69) is 11.2 Å². The van der Waals surface area contributed by atoms with Gasteiger partial charge in [-0.25, -0.2) is 0 Å². The lowest BCUT2D eigenvalue weighted by Crippen LogP contribution is -2.21. The number of hydrogen-bond acceptors (Lipinski definition) is 4. The molecule has 0 fully saturated rings. The summed E-state index contributed by atoms with van der Waals surface area (Å²) in [6.07, 6.45) is 3.03. The van der Waals surface area contributed by atoms with E-state index in [0.717, 1.165) is 22.4 Å². The first-order valence-electron chi connectivity index (χ1n) is 4.93. The number of thioether (sulfide) groups is 1. The molecule has 86 valence electrons. The van der Waals surface area contributed by atoms with Crippen LogP contribution in [0.5, 0.6) is 0 Å². The zero-order chi connectivity index (χ0) is 11.5. The molecular formula is C10H12N2OS3. The average molecular weight is 272 g/mol. The molecule has 0 bridgehead atoms. The van der Waals surface area contributed by atoms with Gasteiger partial charge < -0.3 is 4.98 Å². The molecule has 3 nitrogen and oxygen atoms in total. The van der Waals surface area contributed by atoms with E-state index < -0.39 is 0 Å². The SMILES string of the molecule is CSCCCn1c(=S)[nH]c2sccc2c1=O. The molecule has 0 aliphatic carbocycles. The van der Waals surface area contributed by atoms with Crippen LogP contribution in [0.15, 0.2) is 16.2 Å². The number of thiophene rings is 1. The quantitative estimate of drug-likeness (QED) is 0.687. The van der Waals surface area contributed by atoms with Crippen LogP contribution in [0.4, 0.5) is 0 Å². The van der Waals surface area contributed by atoms with Gasteiger partial charge >= 0.3 is 0 Å². The number of nitrogens with zero attached hydrogens (tertiary/aromatic N) is 1. The molecule has 0 saturated carbocycles. The van der Waals surface area contributed by atoms with E-state index in [0.29, 0.717) is 11.3 Å². The third-order valence-corrected chi connectivity index (χ3v) is 4.19. The van der Waals surface area contributed by atoms with Gasteiger partial charge in [0, 0.05) is 6.54 Å². The van der Waals surface area contributed by atoms with E-state index in [4.69, 9.17) is 12.2 Å². The fourth-order valence-electron chi connectivity index (χ4n) is 1.55. The maximum Gasteiger partial charge on any atom is 0.263 e. The smallest absolute Gasteiger partial charge is 0.263 e. The van der Waals surface area contributed by atoms with Crippen molar-refractivity contribution in [1.82, 2.24) is 9.55 Å². The van der Waals surface area contributed by atoms with E-state index in [1.54, 1.807) is 16.3 Å². The predicted octanol–water partition coefficient (Wildman–Crippen LogP) is 2.87. The van der Waals surface area contributed by atoms with Gasteiger partial charge in [-0.15, -0.1) is 11.3 Å². The Morgan fingerprint density at radius 3 is 3.19 bits per heavy atom. The Bertz CT molecular complexity index is 596. The number of fused-ring (bicyclic) bond motifs is 1. The predicted molar refractivity (Wildman–Crippen MR) is 74.3 cm³/mol. The number of H-pyrrole nitrogens is 1. The largest absolute Gasteiger partial charge is 0.323 e. The Balaban J connectivity index is 2.44. The molecule has 0 saturated heterocycles. The molecule has 0 atom stereocenters. The average Bonchev–Trinajstić information content (AvgIpc) is 2.71. The van der Waals surface area contributed by atoms with Gasteiger partial charge in [0.15, 0.2) is 4.77 Å². The number of rotatable bonds is 4. The highest BCUT2D eigenvalue weighted by Crippen LogP contribution is 2.14. The van der Waals surface area contributed by atoms with Crippen molar-refractivity contribution in [3.05, 3.63) is 26.6 Å². The second kappa shape index (κ2) is 5.16. The Hall–Kier alpha value is -0.590. The second-order valence-corrected chi connectivity index (χ2v) is 5.69. The zero-order valence-corrected chi connectivity index (χ0v) is 11.3. The Kier molecular flexibility index (Phi) is 3.83. The fraction of sp³-hybridized carbons (Fsp3) is 0.400. The van der Waals surface area contributed by atoms with Crippen molar-refractivity contribution in [2.24, 2.45) is 0 Å². The number of hydrogen-bond donors (Lipinski definition) is 1. The van der Waals surface area contributed by atoms with Crippen molar-refractivity contribution in [2.75, 3.05) is 12.0 Å². The monoisotopic (exact) mass is 272 g/mol. The summed E-state index contributed by atoms with van der Waals surface area (Å²) in [5.41, 5.74) is 0.0288. The summed E-state index contributed by atoms with van der Waals surface area (Å²) >= 11 is 8.48. The third-order valence-electron chi connectivity index (χ3n) is 2.34. The molecule has 0 aliphatic rings. The summed E-state index contributed by atoms with van der Waals surface area (Å²) in [5, 5.41) is 2.64. The van der Waals surface area contributed by atoms with Crippen molar-refractivity contribution >= 4 is 45.5 Å². The highest BCUT2D eigenvalue weighted by atomic mass is 32.2. The summed E-state index contributed by atoms with van der Waals surface area (Å²) in [6.45, 7) is 0.695.